The van der Waals surface area contributed by atoms with Gasteiger partial charge in [0, 0.05) is 12.1 Å². The molecule has 1 aromatic carbocycles. The van der Waals surface area contributed by atoms with Crippen molar-refractivity contribution in [3.8, 4) is 0 Å². The minimum atomic E-state index is -0.408. The van der Waals surface area contributed by atoms with Gasteiger partial charge in [-0.3, -0.25) is 0 Å². The topological polar surface area (TPSA) is 52.0 Å². The number of rotatable bonds is 1. The van der Waals surface area contributed by atoms with E-state index in [0.717, 1.165) is 24.0 Å². The largest absolute Gasteiger partial charge is 0.329 e. The number of hydrogen-bond donors (Lipinski definition) is 2. The van der Waals surface area contributed by atoms with Gasteiger partial charge in [0.15, 0.2) is 0 Å². The summed E-state index contributed by atoms with van der Waals surface area (Å²) < 4.78 is 13.5. The summed E-state index contributed by atoms with van der Waals surface area (Å²) >= 11 is 0. The summed E-state index contributed by atoms with van der Waals surface area (Å²) in [6.45, 7) is 0.417. The third kappa shape index (κ3) is 1.53. The molecular weight excluding hydrogens is 179 g/mol. The molecule has 0 saturated heterocycles. The van der Waals surface area contributed by atoms with E-state index in [1.54, 1.807) is 6.07 Å². The van der Waals surface area contributed by atoms with Gasteiger partial charge in [0.05, 0.1) is 0 Å². The minimum absolute atomic E-state index is 0.148. The minimum Gasteiger partial charge on any atom is -0.329 e. The number of aryl methyl sites for hydroxylation is 1. The highest BCUT2D eigenvalue weighted by atomic mass is 19.1. The van der Waals surface area contributed by atoms with Crippen molar-refractivity contribution in [2.24, 2.45) is 11.5 Å². The van der Waals surface area contributed by atoms with Crippen molar-refractivity contribution in [3.05, 3.63) is 35.1 Å². The summed E-state index contributed by atoms with van der Waals surface area (Å²) in [6.07, 6.45) is 2.24. The molecule has 2 nitrogen and oxygen atoms in total. The van der Waals surface area contributed by atoms with Crippen molar-refractivity contribution in [3.63, 3.8) is 0 Å². The number of fused-ring (bicyclic) bond motifs is 1. The first-order valence-electron chi connectivity index (χ1n) is 4.90. The van der Waals surface area contributed by atoms with E-state index in [-0.39, 0.29) is 5.82 Å². The van der Waals surface area contributed by atoms with E-state index in [9.17, 15) is 4.39 Å². The van der Waals surface area contributed by atoms with Crippen LogP contribution in [0.25, 0.3) is 0 Å². The van der Waals surface area contributed by atoms with Crippen molar-refractivity contribution in [1.82, 2.24) is 0 Å². The second-order valence-electron chi connectivity index (χ2n) is 4.12. The van der Waals surface area contributed by atoms with Gasteiger partial charge in [0.2, 0.25) is 0 Å². The van der Waals surface area contributed by atoms with E-state index in [1.807, 2.05) is 6.07 Å². The maximum Gasteiger partial charge on any atom is 0.126 e. The molecule has 4 N–H and O–H groups in total. The average molecular weight is 194 g/mol. The normalized spacial score (nSPS) is 25.9. The summed E-state index contributed by atoms with van der Waals surface area (Å²) in [5.41, 5.74) is 13.1. The maximum atomic E-state index is 13.5. The summed E-state index contributed by atoms with van der Waals surface area (Å²) in [7, 11) is 0. The Morgan fingerprint density at radius 2 is 2.21 bits per heavy atom. The van der Waals surface area contributed by atoms with E-state index >= 15 is 0 Å². The van der Waals surface area contributed by atoms with Crippen LogP contribution in [-0.2, 0) is 12.8 Å². The highest BCUT2D eigenvalue weighted by Crippen LogP contribution is 2.28. The number of benzene rings is 1. The zero-order valence-electron chi connectivity index (χ0n) is 8.09. The van der Waals surface area contributed by atoms with E-state index in [4.69, 9.17) is 11.5 Å². The number of hydrogen-bond acceptors (Lipinski definition) is 2. The summed E-state index contributed by atoms with van der Waals surface area (Å²) in [5.74, 6) is -0.148. The Hall–Kier alpha value is -0.930. The fraction of sp³-hybridized carbons (Fsp3) is 0.455. The van der Waals surface area contributed by atoms with Crippen LogP contribution in [0, 0.1) is 5.82 Å². The van der Waals surface area contributed by atoms with Gasteiger partial charge in [0.25, 0.3) is 0 Å². The maximum absolute atomic E-state index is 13.5. The molecule has 76 valence electrons. The lowest BCUT2D eigenvalue weighted by Gasteiger charge is -2.33. The van der Waals surface area contributed by atoms with Crippen molar-refractivity contribution in [2.75, 3.05) is 6.54 Å². The zero-order chi connectivity index (χ0) is 10.2. The van der Waals surface area contributed by atoms with Gasteiger partial charge in [-0.15, -0.1) is 0 Å². The van der Waals surface area contributed by atoms with Crippen molar-refractivity contribution >= 4 is 0 Å². The highest BCUT2D eigenvalue weighted by molar-refractivity contribution is 5.33. The molecule has 0 spiro atoms. The molecule has 0 radical (unpaired) electrons. The van der Waals surface area contributed by atoms with Gasteiger partial charge in [-0.05, 0) is 36.5 Å². The van der Waals surface area contributed by atoms with Gasteiger partial charge < -0.3 is 11.5 Å². The van der Waals surface area contributed by atoms with Crippen LogP contribution < -0.4 is 11.5 Å². The lowest BCUT2D eigenvalue weighted by molar-refractivity contribution is 0.373. The second kappa shape index (κ2) is 3.33. The smallest absolute Gasteiger partial charge is 0.126 e. The molecule has 0 bridgehead atoms. The van der Waals surface area contributed by atoms with Gasteiger partial charge in [0.1, 0.15) is 5.82 Å². The Morgan fingerprint density at radius 3 is 2.93 bits per heavy atom. The Kier molecular flexibility index (Phi) is 2.29. The van der Waals surface area contributed by atoms with Gasteiger partial charge in [-0.1, -0.05) is 12.1 Å². The Balaban J connectivity index is 2.38. The summed E-state index contributed by atoms with van der Waals surface area (Å²) in [5, 5.41) is 0. The quantitative estimate of drug-likeness (QED) is 0.700. The molecule has 1 aliphatic rings. The van der Waals surface area contributed by atoms with E-state index in [1.165, 1.54) is 6.07 Å². The van der Waals surface area contributed by atoms with Gasteiger partial charge >= 0.3 is 0 Å². The van der Waals surface area contributed by atoms with Gasteiger partial charge in [-0.2, -0.15) is 0 Å². The zero-order valence-corrected chi connectivity index (χ0v) is 8.09. The molecule has 0 amide bonds. The standard InChI is InChI=1S/C11H15FN2/c12-10-3-1-2-8-4-5-11(14,7-13)6-9(8)10/h1-3H,4-7,13-14H2. The summed E-state index contributed by atoms with van der Waals surface area (Å²) in [4.78, 5) is 0. The Labute approximate surface area is 83.1 Å². The SMILES string of the molecule is NCC1(N)CCc2cccc(F)c2C1. The van der Waals surface area contributed by atoms with E-state index < -0.39 is 5.54 Å². The lowest BCUT2D eigenvalue weighted by atomic mass is 9.78. The molecule has 0 saturated carbocycles. The first-order valence-corrected chi connectivity index (χ1v) is 4.90. The molecule has 0 aliphatic heterocycles. The molecule has 0 fully saturated rings. The monoisotopic (exact) mass is 194 g/mol. The number of nitrogens with two attached hydrogens (primary N) is 2. The molecule has 0 heterocycles. The molecule has 1 atom stereocenters. The van der Waals surface area contributed by atoms with Crippen molar-refractivity contribution in [2.45, 2.75) is 24.8 Å². The fourth-order valence-electron chi connectivity index (χ4n) is 2.03. The average Bonchev–Trinajstić information content (AvgIpc) is 2.20. The van der Waals surface area contributed by atoms with Crippen LogP contribution in [0.3, 0.4) is 0 Å². The molecule has 3 heteroatoms. The predicted octanol–water partition coefficient (Wildman–Crippen LogP) is 0.971. The van der Waals surface area contributed by atoms with E-state index in [2.05, 4.69) is 0 Å². The Bertz CT molecular complexity index is 351. The van der Waals surface area contributed by atoms with Crippen LogP contribution in [0.1, 0.15) is 17.5 Å². The molecular formula is C11H15FN2. The van der Waals surface area contributed by atoms with Crippen LogP contribution in [-0.4, -0.2) is 12.1 Å². The fourth-order valence-corrected chi connectivity index (χ4v) is 2.03. The summed E-state index contributed by atoms with van der Waals surface area (Å²) in [6, 6.07) is 5.20. The number of halogens is 1. The molecule has 2 rings (SSSR count). The third-order valence-corrected chi connectivity index (χ3v) is 3.04. The van der Waals surface area contributed by atoms with Crippen molar-refractivity contribution in [1.29, 1.82) is 0 Å². The molecule has 1 unspecified atom stereocenters. The molecule has 0 aromatic heterocycles. The van der Waals surface area contributed by atoms with E-state index in [0.29, 0.717) is 13.0 Å². The van der Waals surface area contributed by atoms with Crippen molar-refractivity contribution < 1.29 is 4.39 Å². The molecule has 1 aliphatic carbocycles. The van der Waals surface area contributed by atoms with Crippen LogP contribution >= 0.6 is 0 Å². The van der Waals surface area contributed by atoms with Gasteiger partial charge in [-0.25, -0.2) is 4.39 Å². The third-order valence-electron chi connectivity index (χ3n) is 3.04. The highest BCUT2D eigenvalue weighted by Gasteiger charge is 2.30. The first-order chi connectivity index (χ1) is 6.64. The van der Waals surface area contributed by atoms with Crippen LogP contribution in [0.2, 0.25) is 0 Å². The Morgan fingerprint density at radius 1 is 1.43 bits per heavy atom. The first kappa shape index (κ1) is 9.62. The van der Waals surface area contributed by atoms with Crippen LogP contribution in [0.4, 0.5) is 4.39 Å². The molecule has 1 aromatic rings. The van der Waals surface area contributed by atoms with Crippen LogP contribution in [0.5, 0.6) is 0 Å². The predicted molar refractivity (Wildman–Crippen MR) is 54.4 cm³/mol. The van der Waals surface area contributed by atoms with Crippen LogP contribution in [0.15, 0.2) is 18.2 Å². The second-order valence-corrected chi connectivity index (χ2v) is 4.12. The molecule has 14 heavy (non-hydrogen) atoms. The lowest BCUT2D eigenvalue weighted by Crippen LogP contribution is -2.51.